The second-order valence-corrected chi connectivity index (χ2v) is 10.8. The average molecular weight is 615 g/mol. The summed E-state index contributed by atoms with van der Waals surface area (Å²) in [4.78, 5) is 37.4. The third-order valence-electron chi connectivity index (χ3n) is 7.11. The Bertz CT molecular complexity index is 1700. The first-order valence-electron chi connectivity index (χ1n) is 14.4. The molecule has 0 aliphatic heterocycles. The van der Waals surface area contributed by atoms with Gasteiger partial charge >= 0.3 is 11.9 Å². The number of anilines is 1. The fraction of sp³-hybridized carbons (Fsp3) is 0.229. The van der Waals surface area contributed by atoms with Crippen molar-refractivity contribution in [2.24, 2.45) is 0 Å². The zero-order chi connectivity index (χ0) is 32.7. The van der Waals surface area contributed by atoms with Crippen LogP contribution in [0, 0.1) is 5.82 Å². The number of rotatable bonds is 12. The number of amides is 1. The van der Waals surface area contributed by atoms with Crippen molar-refractivity contribution in [2.75, 3.05) is 12.4 Å². The minimum atomic E-state index is -1.27. The summed E-state index contributed by atoms with van der Waals surface area (Å²) in [5.41, 5.74) is 3.88. The number of carbonyl (C=O) groups is 3. The van der Waals surface area contributed by atoms with E-state index in [2.05, 4.69) is 5.32 Å². The van der Waals surface area contributed by atoms with Gasteiger partial charge in [0.15, 0.2) is 0 Å². The number of benzene rings is 3. The smallest absolute Gasteiger partial charge is 0.337 e. The lowest BCUT2D eigenvalue weighted by atomic mass is 9.94. The molecule has 3 aromatic carbocycles. The van der Waals surface area contributed by atoms with Crippen molar-refractivity contribution in [3.63, 3.8) is 0 Å². The number of carboxylic acid groups (broad SMARTS) is 1. The van der Waals surface area contributed by atoms with Crippen molar-refractivity contribution in [3.8, 4) is 22.3 Å². The Labute approximate surface area is 260 Å². The normalized spacial score (nSPS) is 12.7. The highest BCUT2D eigenvalue weighted by atomic mass is 19.1. The molecule has 0 spiro atoms. The number of aliphatic hydroxyl groups is 2. The van der Waals surface area contributed by atoms with Gasteiger partial charge in [0.05, 0.1) is 31.3 Å². The molecule has 45 heavy (non-hydrogen) atoms. The van der Waals surface area contributed by atoms with Crippen molar-refractivity contribution in [1.82, 2.24) is 4.57 Å². The van der Waals surface area contributed by atoms with Crippen molar-refractivity contribution in [1.29, 1.82) is 0 Å². The van der Waals surface area contributed by atoms with Crippen LogP contribution in [0.3, 0.4) is 0 Å². The molecule has 1 heterocycles. The first-order valence-corrected chi connectivity index (χ1v) is 14.4. The molecule has 234 valence electrons. The lowest BCUT2D eigenvalue weighted by molar-refractivity contribution is -0.139. The van der Waals surface area contributed by atoms with Crippen molar-refractivity contribution in [2.45, 2.75) is 44.9 Å². The zero-order valence-corrected chi connectivity index (χ0v) is 25.1. The molecular weight excluding hydrogens is 579 g/mol. The van der Waals surface area contributed by atoms with E-state index < -0.39 is 42.3 Å². The molecule has 0 saturated carbocycles. The molecule has 0 aliphatic rings. The van der Waals surface area contributed by atoms with Crippen LogP contribution < -0.4 is 5.32 Å². The number of halogens is 1. The Hall–Kier alpha value is -5.06. The molecule has 4 aromatic rings. The maximum absolute atomic E-state index is 14.3. The van der Waals surface area contributed by atoms with E-state index >= 15 is 0 Å². The molecule has 2 atom stereocenters. The van der Waals surface area contributed by atoms with Crippen LogP contribution >= 0.6 is 0 Å². The van der Waals surface area contributed by atoms with Gasteiger partial charge in [-0.15, -0.1) is 0 Å². The van der Waals surface area contributed by atoms with Crippen LogP contribution in [-0.2, 0) is 9.53 Å². The Morgan fingerprint density at radius 1 is 0.933 bits per heavy atom. The summed E-state index contributed by atoms with van der Waals surface area (Å²) in [7, 11) is 1.27. The van der Waals surface area contributed by atoms with Crippen LogP contribution in [0.1, 0.15) is 59.3 Å². The number of methoxy groups -OCH3 is 1. The number of carbonyl (C=O) groups excluding carboxylic acids is 2. The molecule has 9 nitrogen and oxygen atoms in total. The standard InChI is InChI=1S/C35H35FN2O7/c1-21(2)38-29(17-16-27(39)19-28(40)20-30(41)42)31(23-12-14-25(36)15-13-23)32(22-8-5-4-6-9-22)33(38)34(43)37-26-11-7-10-24(18-26)35(44)45-3/h4-18,21,27-28,39-40H,19-20H2,1-3H3,(H,37,43)(H,41,42)/b17-16+. The Morgan fingerprint density at radius 3 is 2.22 bits per heavy atom. The van der Waals surface area contributed by atoms with Crippen molar-refractivity contribution < 1.29 is 38.8 Å². The Balaban J connectivity index is 1.95. The van der Waals surface area contributed by atoms with E-state index in [1.54, 1.807) is 41.0 Å². The largest absolute Gasteiger partial charge is 0.481 e. The average Bonchev–Trinajstić information content (AvgIpc) is 3.35. The minimum Gasteiger partial charge on any atom is -0.481 e. The van der Waals surface area contributed by atoms with Gasteiger partial charge in [-0.2, -0.15) is 0 Å². The predicted octanol–water partition coefficient (Wildman–Crippen LogP) is 6.18. The van der Waals surface area contributed by atoms with Gasteiger partial charge in [-0.3, -0.25) is 9.59 Å². The number of nitrogens with one attached hydrogen (secondary N) is 1. The Morgan fingerprint density at radius 2 is 1.60 bits per heavy atom. The molecule has 4 N–H and O–H groups in total. The molecule has 10 heteroatoms. The third-order valence-corrected chi connectivity index (χ3v) is 7.11. The second-order valence-electron chi connectivity index (χ2n) is 10.8. The molecule has 0 fully saturated rings. The van der Waals surface area contributed by atoms with Gasteiger partial charge in [-0.1, -0.05) is 54.6 Å². The third kappa shape index (κ3) is 7.91. The van der Waals surface area contributed by atoms with Crippen LogP contribution in [0.5, 0.6) is 0 Å². The summed E-state index contributed by atoms with van der Waals surface area (Å²) in [5, 5.41) is 32.7. The number of nitrogens with zero attached hydrogens (tertiary/aromatic N) is 1. The highest BCUT2D eigenvalue weighted by Crippen LogP contribution is 2.43. The molecule has 0 bridgehead atoms. The summed E-state index contributed by atoms with van der Waals surface area (Å²) >= 11 is 0. The van der Waals surface area contributed by atoms with Crippen LogP contribution in [0.25, 0.3) is 28.3 Å². The number of aliphatic carboxylic acids is 1. The molecule has 1 aromatic heterocycles. The first kappa shape index (κ1) is 32.8. The fourth-order valence-electron chi connectivity index (χ4n) is 5.20. The number of ether oxygens (including phenoxy) is 1. The monoisotopic (exact) mass is 614 g/mol. The van der Waals surface area contributed by atoms with E-state index in [1.807, 2.05) is 44.2 Å². The lowest BCUT2D eigenvalue weighted by Crippen LogP contribution is -2.20. The van der Waals surface area contributed by atoms with E-state index in [0.717, 1.165) is 0 Å². The van der Waals surface area contributed by atoms with E-state index in [0.29, 0.717) is 33.6 Å². The van der Waals surface area contributed by atoms with Gasteiger partial charge in [-0.25, -0.2) is 9.18 Å². The quantitative estimate of drug-likeness (QED) is 0.140. The van der Waals surface area contributed by atoms with Crippen LogP contribution in [0.15, 0.2) is 84.9 Å². The van der Waals surface area contributed by atoms with E-state index in [-0.39, 0.29) is 23.7 Å². The first-order chi connectivity index (χ1) is 21.5. The van der Waals surface area contributed by atoms with Gasteiger partial charge in [0, 0.05) is 35.0 Å². The number of aliphatic hydroxyl groups excluding tert-OH is 2. The predicted molar refractivity (Wildman–Crippen MR) is 169 cm³/mol. The highest BCUT2D eigenvalue weighted by Gasteiger charge is 2.29. The lowest BCUT2D eigenvalue weighted by Gasteiger charge is -2.17. The number of hydrogen-bond donors (Lipinski definition) is 4. The van der Waals surface area contributed by atoms with Gasteiger partial charge in [0.1, 0.15) is 11.5 Å². The van der Waals surface area contributed by atoms with Crippen LogP contribution in [0.4, 0.5) is 10.1 Å². The number of esters is 1. The van der Waals surface area contributed by atoms with E-state index in [1.165, 1.54) is 31.4 Å². The molecule has 0 saturated heterocycles. The summed E-state index contributed by atoms with van der Waals surface area (Å²) in [6, 6.07) is 21.1. The molecule has 4 rings (SSSR count). The van der Waals surface area contributed by atoms with Gasteiger partial charge < -0.3 is 29.9 Å². The van der Waals surface area contributed by atoms with Crippen LogP contribution in [-0.4, -0.2) is 57.1 Å². The molecular formula is C35H35FN2O7. The maximum atomic E-state index is 14.3. The number of hydrogen-bond acceptors (Lipinski definition) is 6. The molecule has 0 radical (unpaired) electrons. The van der Waals surface area contributed by atoms with Crippen molar-refractivity contribution >= 4 is 29.6 Å². The topological polar surface area (TPSA) is 138 Å². The van der Waals surface area contributed by atoms with Crippen molar-refractivity contribution in [3.05, 3.63) is 108 Å². The van der Waals surface area contributed by atoms with Gasteiger partial charge in [0.25, 0.3) is 5.91 Å². The minimum absolute atomic E-state index is 0.216. The second kappa shape index (κ2) is 14.6. The Kier molecular flexibility index (Phi) is 10.7. The van der Waals surface area contributed by atoms with Gasteiger partial charge in [0.2, 0.25) is 0 Å². The van der Waals surface area contributed by atoms with Crippen LogP contribution in [0.2, 0.25) is 0 Å². The number of carboxylic acids is 1. The zero-order valence-electron chi connectivity index (χ0n) is 25.1. The van der Waals surface area contributed by atoms with E-state index in [4.69, 9.17) is 9.84 Å². The maximum Gasteiger partial charge on any atom is 0.337 e. The van der Waals surface area contributed by atoms with Gasteiger partial charge in [-0.05, 0) is 61.4 Å². The number of aromatic nitrogens is 1. The summed E-state index contributed by atoms with van der Waals surface area (Å²) in [6.45, 7) is 3.78. The highest BCUT2D eigenvalue weighted by molar-refractivity contribution is 6.12. The molecule has 1 amide bonds. The SMILES string of the molecule is COC(=O)c1cccc(NC(=O)c2c(-c3ccccc3)c(-c3ccc(F)cc3)c(/C=C/C(O)CC(O)CC(=O)O)n2C(C)C)c1. The molecule has 0 aliphatic carbocycles. The summed E-state index contributed by atoms with van der Waals surface area (Å²) in [5.74, 6) is -2.66. The van der Waals surface area contributed by atoms with E-state index in [9.17, 15) is 29.0 Å². The fourth-order valence-corrected chi connectivity index (χ4v) is 5.20. The molecule has 2 unspecified atom stereocenters. The summed E-state index contributed by atoms with van der Waals surface area (Å²) < 4.78 is 20.7. The summed E-state index contributed by atoms with van der Waals surface area (Å²) in [6.07, 6.45) is -0.146.